The van der Waals surface area contributed by atoms with Gasteiger partial charge < -0.3 is 10.1 Å². The first-order chi connectivity index (χ1) is 16.7. The maximum Gasteiger partial charge on any atom is 0.246 e. The van der Waals surface area contributed by atoms with Crippen LogP contribution < -0.4 is 10.1 Å². The second kappa shape index (κ2) is 10.0. The number of hydrogen-bond donors (Lipinski definition) is 1. The Kier molecular flexibility index (Phi) is 6.51. The number of fused-ring (bicyclic) bond motifs is 1. The Morgan fingerprint density at radius 3 is 2.47 bits per heavy atom. The molecule has 34 heavy (non-hydrogen) atoms. The van der Waals surface area contributed by atoms with Gasteiger partial charge in [0.1, 0.15) is 5.75 Å². The number of aromatic nitrogens is 4. The van der Waals surface area contributed by atoms with Crippen molar-refractivity contribution in [3.63, 3.8) is 0 Å². The van der Waals surface area contributed by atoms with Gasteiger partial charge in [0, 0.05) is 17.7 Å². The molecule has 0 saturated carbocycles. The molecule has 1 atom stereocenters. The van der Waals surface area contributed by atoms with Crippen LogP contribution in [0.1, 0.15) is 24.1 Å². The topological polar surface area (TPSA) is 64.3 Å². The lowest BCUT2D eigenvalue weighted by atomic mass is 9.99. The van der Waals surface area contributed by atoms with E-state index in [1.165, 1.54) is 15.6 Å². The van der Waals surface area contributed by atoms with E-state index in [4.69, 9.17) is 16.3 Å². The quantitative estimate of drug-likeness (QED) is 0.296. The van der Waals surface area contributed by atoms with E-state index < -0.39 is 0 Å². The largest absolute Gasteiger partial charge is 0.437 e. The van der Waals surface area contributed by atoms with E-state index in [1.54, 1.807) is 12.1 Å². The molecule has 0 amide bonds. The first kappa shape index (κ1) is 22.1. The van der Waals surface area contributed by atoms with Crippen molar-refractivity contribution < 1.29 is 4.74 Å². The Bertz CT molecular complexity index is 1390. The predicted molar refractivity (Wildman–Crippen MR) is 134 cm³/mol. The molecule has 3 aromatic carbocycles. The van der Waals surface area contributed by atoms with E-state index in [2.05, 4.69) is 76.1 Å². The minimum absolute atomic E-state index is 0.186. The molecule has 2 heterocycles. The standard InChI is InChI=1S/C27H24ClN5O/c1-19(29-17-16-20-8-4-2-5-9-20)22-12-13-24(23(18-22)21-10-6-3-7-11-21)34-26-15-14-25-30-31-27(28)33(25)32-26/h2-15,18-19,29H,16-17H2,1H3. The fourth-order valence-electron chi connectivity index (χ4n) is 3.86. The van der Waals surface area contributed by atoms with Crippen LogP contribution in [0.5, 0.6) is 11.6 Å². The summed E-state index contributed by atoms with van der Waals surface area (Å²) in [4.78, 5) is 0. The summed E-state index contributed by atoms with van der Waals surface area (Å²) >= 11 is 6.08. The Balaban J connectivity index is 1.39. The Morgan fingerprint density at radius 2 is 1.68 bits per heavy atom. The zero-order valence-electron chi connectivity index (χ0n) is 18.7. The maximum atomic E-state index is 6.20. The van der Waals surface area contributed by atoms with Gasteiger partial charge in [-0.25, -0.2) is 0 Å². The fourth-order valence-corrected chi connectivity index (χ4v) is 4.02. The van der Waals surface area contributed by atoms with E-state index in [0.717, 1.165) is 24.1 Å². The molecule has 6 nitrogen and oxygen atoms in total. The monoisotopic (exact) mass is 469 g/mol. The van der Waals surface area contributed by atoms with Crippen LogP contribution in [0, 0.1) is 0 Å². The van der Waals surface area contributed by atoms with E-state index >= 15 is 0 Å². The summed E-state index contributed by atoms with van der Waals surface area (Å²) in [6, 6.07) is 30.7. The average molecular weight is 470 g/mol. The number of hydrogen-bond acceptors (Lipinski definition) is 5. The van der Waals surface area contributed by atoms with Crippen molar-refractivity contribution in [1.29, 1.82) is 0 Å². The van der Waals surface area contributed by atoms with Gasteiger partial charge in [0.25, 0.3) is 0 Å². The van der Waals surface area contributed by atoms with Gasteiger partial charge in [0.15, 0.2) is 5.65 Å². The van der Waals surface area contributed by atoms with Crippen LogP contribution in [-0.2, 0) is 6.42 Å². The highest BCUT2D eigenvalue weighted by atomic mass is 35.5. The SMILES string of the molecule is CC(NCCc1ccccc1)c1ccc(Oc2ccc3nnc(Cl)n3n2)c(-c2ccccc2)c1. The smallest absolute Gasteiger partial charge is 0.246 e. The Hall–Kier alpha value is -3.74. The third-order valence-corrected chi connectivity index (χ3v) is 5.95. The number of ether oxygens (including phenoxy) is 1. The van der Waals surface area contributed by atoms with Crippen LogP contribution in [0.25, 0.3) is 16.8 Å². The van der Waals surface area contributed by atoms with Gasteiger partial charge in [0.2, 0.25) is 11.2 Å². The molecule has 2 aromatic heterocycles. The Labute approximate surface area is 203 Å². The third kappa shape index (κ3) is 4.93. The predicted octanol–water partition coefficient (Wildman–Crippen LogP) is 6.13. The molecule has 0 bridgehead atoms. The molecular formula is C27H24ClN5O. The summed E-state index contributed by atoms with van der Waals surface area (Å²) in [5.41, 5.74) is 5.13. The lowest BCUT2D eigenvalue weighted by Crippen LogP contribution is -2.21. The zero-order valence-corrected chi connectivity index (χ0v) is 19.5. The fraction of sp³-hybridized carbons (Fsp3) is 0.148. The summed E-state index contributed by atoms with van der Waals surface area (Å²) in [7, 11) is 0. The summed E-state index contributed by atoms with van der Waals surface area (Å²) in [6.45, 7) is 3.08. The van der Waals surface area contributed by atoms with Crippen molar-refractivity contribution in [3.05, 3.63) is 107 Å². The summed E-state index contributed by atoms with van der Waals surface area (Å²) in [5, 5.41) is 16.0. The molecule has 0 fully saturated rings. The first-order valence-corrected chi connectivity index (χ1v) is 11.6. The van der Waals surface area contributed by atoms with Gasteiger partial charge >= 0.3 is 0 Å². The molecular weight excluding hydrogens is 446 g/mol. The zero-order chi connectivity index (χ0) is 23.3. The second-order valence-electron chi connectivity index (χ2n) is 8.05. The molecule has 0 spiro atoms. The minimum Gasteiger partial charge on any atom is -0.437 e. The van der Waals surface area contributed by atoms with Crippen LogP contribution in [0.2, 0.25) is 5.28 Å². The van der Waals surface area contributed by atoms with Crippen LogP contribution in [0.15, 0.2) is 91.0 Å². The third-order valence-electron chi connectivity index (χ3n) is 5.71. The molecule has 0 saturated heterocycles. The molecule has 0 aliphatic rings. The highest BCUT2D eigenvalue weighted by Crippen LogP contribution is 2.35. The number of benzene rings is 3. The normalized spacial score (nSPS) is 12.1. The van der Waals surface area contributed by atoms with Crippen LogP contribution in [0.3, 0.4) is 0 Å². The van der Waals surface area contributed by atoms with Gasteiger partial charge in [-0.05, 0) is 66.4 Å². The summed E-state index contributed by atoms with van der Waals surface area (Å²) < 4.78 is 7.65. The molecule has 7 heteroatoms. The molecule has 5 rings (SSSR count). The van der Waals surface area contributed by atoms with Gasteiger partial charge in [-0.1, -0.05) is 66.7 Å². The van der Waals surface area contributed by atoms with Gasteiger partial charge in [-0.3, -0.25) is 0 Å². The van der Waals surface area contributed by atoms with Gasteiger partial charge in [-0.15, -0.1) is 15.3 Å². The van der Waals surface area contributed by atoms with Crippen LogP contribution >= 0.6 is 11.6 Å². The summed E-state index contributed by atoms with van der Waals surface area (Å²) in [6.07, 6.45) is 0.984. The number of nitrogens with zero attached hydrogens (tertiary/aromatic N) is 4. The molecule has 5 aromatic rings. The molecule has 0 radical (unpaired) electrons. The van der Waals surface area contributed by atoms with Crippen molar-refractivity contribution >= 4 is 17.2 Å². The highest BCUT2D eigenvalue weighted by molar-refractivity contribution is 6.28. The number of rotatable bonds is 8. The molecule has 0 aliphatic heterocycles. The minimum atomic E-state index is 0.186. The van der Waals surface area contributed by atoms with E-state index in [-0.39, 0.29) is 11.3 Å². The lowest BCUT2D eigenvalue weighted by molar-refractivity contribution is 0.453. The Morgan fingerprint density at radius 1 is 0.912 bits per heavy atom. The second-order valence-corrected chi connectivity index (χ2v) is 8.38. The molecule has 1 unspecified atom stereocenters. The average Bonchev–Trinajstić information content (AvgIpc) is 3.25. The molecule has 0 aliphatic carbocycles. The van der Waals surface area contributed by atoms with E-state index in [1.807, 2.05) is 30.3 Å². The number of halogens is 1. The first-order valence-electron chi connectivity index (χ1n) is 11.2. The summed E-state index contributed by atoms with van der Waals surface area (Å²) in [5.74, 6) is 1.12. The van der Waals surface area contributed by atoms with Gasteiger partial charge in [-0.2, -0.15) is 4.52 Å². The van der Waals surface area contributed by atoms with Crippen molar-refractivity contribution in [2.45, 2.75) is 19.4 Å². The van der Waals surface area contributed by atoms with Gasteiger partial charge in [0.05, 0.1) is 0 Å². The van der Waals surface area contributed by atoms with Crippen molar-refractivity contribution in [2.24, 2.45) is 0 Å². The van der Waals surface area contributed by atoms with Crippen molar-refractivity contribution in [3.8, 4) is 22.8 Å². The van der Waals surface area contributed by atoms with E-state index in [0.29, 0.717) is 17.3 Å². The number of nitrogens with one attached hydrogen (secondary N) is 1. The molecule has 170 valence electrons. The van der Waals surface area contributed by atoms with Crippen molar-refractivity contribution in [2.75, 3.05) is 6.54 Å². The van der Waals surface area contributed by atoms with Crippen LogP contribution in [0.4, 0.5) is 0 Å². The molecule has 1 N–H and O–H groups in total. The van der Waals surface area contributed by atoms with E-state index in [9.17, 15) is 0 Å². The lowest BCUT2D eigenvalue weighted by Gasteiger charge is -2.18. The van der Waals surface area contributed by atoms with Crippen LogP contribution in [-0.4, -0.2) is 26.4 Å². The van der Waals surface area contributed by atoms with Crippen molar-refractivity contribution in [1.82, 2.24) is 25.1 Å². The maximum absolute atomic E-state index is 6.20. The highest BCUT2D eigenvalue weighted by Gasteiger charge is 2.14.